The zero-order valence-corrected chi connectivity index (χ0v) is 17.1. The second kappa shape index (κ2) is 8.36. The number of sulfonamides is 1. The van der Waals surface area contributed by atoms with Crippen LogP contribution >= 0.6 is 0 Å². The summed E-state index contributed by atoms with van der Waals surface area (Å²) in [5.74, 6) is 1.61. The summed E-state index contributed by atoms with van der Waals surface area (Å²) in [7, 11) is -1.52. The molecule has 1 aromatic rings. The van der Waals surface area contributed by atoms with Gasteiger partial charge in [0.15, 0.2) is 5.96 Å². The topological polar surface area (TPSA) is 103 Å². The second-order valence-corrected chi connectivity index (χ2v) is 9.10. The Morgan fingerprint density at radius 1 is 1.35 bits per heavy atom. The maximum atomic E-state index is 11.5. The minimum atomic E-state index is -3.26. The van der Waals surface area contributed by atoms with Crippen LogP contribution in [0.3, 0.4) is 0 Å². The molecule has 9 nitrogen and oxygen atoms in total. The van der Waals surface area contributed by atoms with E-state index in [1.165, 1.54) is 6.26 Å². The molecular weight excluding hydrogens is 356 g/mol. The summed E-state index contributed by atoms with van der Waals surface area (Å²) in [4.78, 5) is 8.84. The monoisotopic (exact) mass is 386 g/mol. The molecule has 1 fully saturated rings. The first-order valence-electron chi connectivity index (χ1n) is 8.67. The molecule has 1 aromatic heterocycles. The van der Waals surface area contributed by atoms with Crippen LogP contribution < -0.4 is 10.0 Å². The smallest absolute Gasteiger partial charge is 0.209 e. The van der Waals surface area contributed by atoms with Gasteiger partial charge in [0.05, 0.1) is 11.9 Å². The number of guanidine groups is 1. The Bertz CT molecular complexity index is 720. The Balaban J connectivity index is 1.82. The molecule has 2 heterocycles. The number of hydrogen-bond donors (Lipinski definition) is 2. The molecule has 0 aromatic carbocycles. The average molecular weight is 387 g/mol. The van der Waals surface area contributed by atoms with E-state index in [1.54, 1.807) is 7.05 Å². The quantitative estimate of drug-likeness (QED) is 0.524. The number of aryl methyl sites for hydroxylation is 1. The van der Waals surface area contributed by atoms with Crippen LogP contribution in [0.1, 0.15) is 25.3 Å². The van der Waals surface area contributed by atoms with E-state index in [4.69, 9.17) is 4.52 Å². The van der Waals surface area contributed by atoms with Crippen molar-refractivity contribution in [2.24, 2.45) is 4.99 Å². The molecule has 26 heavy (non-hydrogen) atoms. The van der Waals surface area contributed by atoms with Crippen LogP contribution in [0.5, 0.6) is 0 Å². The molecule has 2 N–H and O–H groups in total. The molecule has 0 spiro atoms. The van der Waals surface area contributed by atoms with E-state index in [1.807, 2.05) is 26.8 Å². The van der Waals surface area contributed by atoms with Crippen LogP contribution in [0.25, 0.3) is 0 Å². The van der Waals surface area contributed by atoms with E-state index >= 15 is 0 Å². The summed E-state index contributed by atoms with van der Waals surface area (Å²) in [6.07, 6.45) is 1.17. The van der Waals surface area contributed by atoms with Gasteiger partial charge >= 0.3 is 0 Å². The first-order valence-corrected chi connectivity index (χ1v) is 10.6. The standard InChI is InChI=1S/C16H30N6O3S/c1-13-10-14(19-25-13)11-21-6-8-22(9-7-21)15(17-4)18-12-16(2,3)20-26(5,23)24/h10,20H,6-9,11-12H2,1-5H3,(H,17,18). The molecule has 1 aliphatic heterocycles. The van der Waals surface area contributed by atoms with Crippen molar-refractivity contribution in [2.75, 3.05) is 46.0 Å². The summed E-state index contributed by atoms with van der Waals surface area (Å²) in [5, 5.41) is 7.32. The molecule has 0 saturated carbocycles. The third-order valence-corrected chi connectivity index (χ3v) is 5.02. The van der Waals surface area contributed by atoms with Gasteiger partial charge in [-0.25, -0.2) is 13.1 Å². The van der Waals surface area contributed by atoms with Crippen molar-refractivity contribution in [3.63, 3.8) is 0 Å². The van der Waals surface area contributed by atoms with Crippen molar-refractivity contribution >= 4 is 16.0 Å². The second-order valence-electron chi connectivity index (χ2n) is 7.35. The summed E-state index contributed by atoms with van der Waals surface area (Å²) in [5.41, 5.74) is 0.350. The van der Waals surface area contributed by atoms with Crippen molar-refractivity contribution in [3.8, 4) is 0 Å². The Hall–Kier alpha value is -1.65. The van der Waals surface area contributed by atoms with Crippen LogP contribution in [0.4, 0.5) is 0 Å². The molecular formula is C16H30N6O3S. The largest absolute Gasteiger partial charge is 0.361 e. The zero-order valence-electron chi connectivity index (χ0n) is 16.2. The Labute approximate surface area is 155 Å². The number of piperazine rings is 1. The van der Waals surface area contributed by atoms with Crippen LogP contribution in [-0.2, 0) is 16.6 Å². The van der Waals surface area contributed by atoms with Gasteiger partial charge in [0.2, 0.25) is 10.0 Å². The first-order chi connectivity index (χ1) is 12.1. The normalized spacial score (nSPS) is 17.6. The van der Waals surface area contributed by atoms with E-state index in [2.05, 4.69) is 30.0 Å². The van der Waals surface area contributed by atoms with Gasteiger partial charge in [-0.05, 0) is 20.8 Å². The predicted molar refractivity (Wildman–Crippen MR) is 102 cm³/mol. The van der Waals surface area contributed by atoms with Gasteiger partial charge in [0, 0.05) is 57.9 Å². The molecule has 0 aliphatic carbocycles. The lowest BCUT2D eigenvalue weighted by Gasteiger charge is -2.37. The van der Waals surface area contributed by atoms with Gasteiger partial charge in [-0.15, -0.1) is 0 Å². The summed E-state index contributed by atoms with van der Waals surface area (Å²) >= 11 is 0. The third-order valence-electron chi connectivity index (χ3n) is 4.10. The van der Waals surface area contributed by atoms with Crippen LogP contribution in [0, 0.1) is 6.92 Å². The number of aromatic nitrogens is 1. The molecule has 2 rings (SSSR count). The van der Waals surface area contributed by atoms with Crippen molar-refractivity contribution in [2.45, 2.75) is 32.9 Å². The molecule has 0 radical (unpaired) electrons. The van der Waals surface area contributed by atoms with Gasteiger partial charge in [-0.1, -0.05) is 5.16 Å². The van der Waals surface area contributed by atoms with Crippen LogP contribution in [0.15, 0.2) is 15.6 Å². The average Bonchev–Trinajstić information content (AvgIpc) is 2.92. The molecule has 1 saturated heterocycles. The summed E-state index contributed by atoms with van der Waals surface area (Å²) in [6, 6.07) is 1.96. The van der Waals surface area contributed by atoms with Gasteiger partial charge in [-0.2, -0.15) is 0 Å². The number of hydrogen-bond acceptors (Lipinski definition) is 6. The van der Waals surface area contributed by atoms with Gasteiger partial charge in [0.25, 0.3) is 0 Å². The fourth-order valence-corrected chi connectivity index (χ4v) is 4.09. The first kappa shape index (κ1) is 20.7. The SMILES string of the molecule is CN=C(NCC(C)(C)NS(C)(=O)=O)N1CCN(Cc2cc(C)on2)CC1. The fourth-order valence-electron chi connectivity index (χ4n) is 3.01. The highest BCUT2D eigenvalue weighted by Crippen LogP contribution is 2.10. The minimum absolute atomic E-state index is 0.450. The molecule has 148 valence electrons. The lowest BCUT2D eigenvalue weighted by atomic mass is 10.1. The molecule has 0 atom stereocenters. The van der Waals surface area contributed by atoms with E-state index in [-0.39, 0.29) is 0 Å². The lowest BCUT2D eigenvalue weighted by molar-refractivity contribution is 0.168. The molecule has 0 amide bonds. The Morgan fingerprint density at radius 2 is 2.00 bits per heavy atom. The van der Waals surface area contributed by atoms with Crippen molar-refractivity contribution in [1.82, 2.24) is 25.0 Å². The third kappa shape index (κ3) is 6.58. The van der Waals surface area contributed by atoms with E-state index in [0.29, 0.717) is 6.54 Å². The summed E-state index contributed by atoms with van der Waals surface area (Å²) < 4.78 is 30.6. The maximum absolute atomic E-state index is 11.5. The van der Waals surface area contributed by atoms with Crippen molar-refractivity contribution in [3.05, 3.63) is 17.5 Å². The minimum Gasteiger partial charge on any atom is -0.361 e. The Kier molecular flexibility index (Phi) is 6.64. The predicted octanol–water partition coefficient (Wildman–Crippen LogP) is 0.00382. The van der Waals surface area contributed by atoms with Crippen molar-refractivity contribution < 1.29 is 12.9 Å². The van der Waals surface area contributed by atoms with Gasteiger partial charge in [0.1, 0.15) is 5.76 Å². The van der Waals surface area contributed by atoms with Crippen molar-refractivity contribution in [1.29, 1.82) is 0 Å². The van der Waals surface area contributed by atoms with E-state index < -0.39 is 15.6 Å². The highest BCUT2D eigenvalue weighted by atomic mass is 32.2. The van der Waals surface area contributed by atoms with Crippen LogP contribution in [-0.4, -0.2) is 80.9 Å². The van der Waals surface area contributed by atoms with E-state index in [0.717, 1.165) is 50.1 Å². The number of aliphatic imine (C=N–C) groups is 1. The highest BCUT2D eigenvalue weighted by molar-refractivity contribution is 7.88. The molecule has 10 heteroatoms. The number of nitrogens with one attached hydrogen (secondary N) is 2. The molecule has 0 bridgehead atoms. The Morgan fingerprint density at radius 3 is 2.50 bits per heavy atom. The number of nitrogens with zero attached hydrogens (tertiary/aromatic N) is 4. The molecule has 0 unspecified atom stereocenters. The highest BCUT2D eigenvalue weighted by Gasteiger charge is 2.25. The lowest BCUT2D eigenvalue weighted by Crippen LogP contribution is -2.56. The summed E-state index contributed by atoms with van der Waals surface area (Å²) in [6.45, 7) is 10.3. The van der Waals surface area contributed by atoms with Gasteiger partial charge < -0.3 is 14.7 Å². The molecule has 1 aliphatic rings. The maximum Gasteiger partial charge on any atom is 0.209 e. The fraction of sp³-hybridized carbons (Fsp3) is 0.750. The van der Waals surface area contributed by atoms with Crippen LogP contribution in [0.2, 0.25) is 0 Å². The number of rotatable bonds is 6. The van der Waals surface area contributed by atoms with Gasteiger partial charge in [-0.3, -0.25) is 9.89 Å². The zero-order chi connectivity index (χ0) is 19.4. The van der Waals surface area contributed by atoms with E-state index in [9.17, 15) is 8.42 Å².